The van der Waals surface area contributed by atoms with Crippen LogP contribution in [0.25, 0.3) is 0 Å². The van der Waals surface area contributed by atoms with Gasteiger partial charge < -0.3 is 35.1 Å². The summed E-state index contributed by atoms with van der Waals surface area (Å²) in [7, 11) is 2.00. The molecule has 1 aromatic rings. The van der Waals surface area contributed by atoms with Gasteiger partial charge in [0.1, 0.15) is 17.4 Å². The lowest BCUT2D eigenvalue weighted by Gasteiger charge is -2.61. The predicted octanol–water partition coefficient (Wildman–Crippen LogP) is 1.27. The molecule has 4 aliphatic rings. The van der Waals surface area contributed by atoms with Crippen molar-refractivity contribution < 1.29 is 34.0 Å². The molecule has 2 aliphatic carbocycles. The number of nitrogens with zero attached hydrogens (tertiary/aromatic N) is 1. The zero-order valence-electron chi connectivity index (χ0n) is 20.0. The fourth-order valence-electron chi connectivity index (χ4n) is 6.25. The molecule has 2 heterocycles. The summed E-state index contributed by atoms with van der Waals surface area (Å²) in [5.74, 6) is -0.744. The Morgan fingerprint density at radius 1 is 1.35 bits per heavy atom. The van der Waals surface area contributed by atoms with Crippen LogP contribution < -0.4 is 10.5 Å². The predicted molar refractivity (Wildman–Crippen MR) is 121 cm³/mol. The van der Waals surface area contributed by atoms with Crippen LogP contribution in [0.4, 0.5) is 0 Å². The number of nitrogens with two attached hydrogens (primary N) is 1. The minimum absolute atomic E-state index is 0.000113. The van der Waals surface area contributed by atoms with Crippen LogP contribution in [0.3, 0.4) is 0 Å². The summed E-state index contributed by atoms with van der Waals surface area (Å²) >= 11 is 0. The number of aromatic hydroxyl groups is 1. The summed E-state index contributed by atoms with van der Waals surface area (Å²) in [5, 5.41) is 22.7. The fourth-order valence-corrected chi connectivity index (χ4v) is 6.25. The average Bonchev–Trinajstić information content (AvgIpc) is 3.09. The Morgan fingerprint density at radius 2 is 2.09 bits per heavy atom. The summed E-state index contributed by atoms with van der Waals surface area (Å²) in [4.78, 5) is 27.1. The number of aliphatic hydroxyl groups is 1. The van der Waals surface area contributed by atoms with Crippen LogP contribution in [0.2, 0.25) is 0 Å². The van der Waals surface area contributed by atoms with Gasteiger partial charge in [0.15, 0.2) is 17.6 Å². The molecule has 2 aliphatic heterocycles. The first-order valence-electron chi connectivity index (χ1n) is 11.7. The number of carbonyl (C=O) groups is 2. The van der Waals surface area contributed by atoms with Gasteiger partial charge in [0.2, 0.25) is 0 Å². The number of hydrogen-bond acceptors (Lipinski definition) is 9. The van der Waals surface area contributed by atoms with Crippen molar-refractivity contribution in [2.75, 3.05) is 13.6 Å². The van der Waals surface area contributed by atoms with E-state index in [9.17, 15) is 19.8 Å². The van der Waals surface area contributed by atoms with E-state index >= 15 is 0 Å². The van der Waals surface area contributed by atoms with Crippen LogP contribution in [0, 0.1) is 0 Å². The van der Waals surface area contributed by atoms with Crippen LogP contribution in [0.15, 0.2) is 24.0 Å². The maximum absolute atomic E-state index is 12.8. The number of carbonyl (C=O) groups excluding carboxylic acids is 2. The van der Waals surface area contributed by atoms with Crippen molar-refractivity contribution in [1.82, 2.24) is 4.90 Å². The van der Waals surface area contributed by atoms with Crippen LogP contribution >= 0.6 is 0 Å². The van der Waals surface area contributed by atoms with Crippen molar-refractivity contribution in [3.05, 3.63) is 35.1 Å². The van der Waals surface area contributed by atoms with Gasteiger partial charge in [-0.1, -0.05) is 6.07 Å². The molecule has 5 rings (SSSR count). The molecule has 34 heavy (non-hydrogen) atoms. The topological polar surface area (TPSA) is 132 Å². The number of hydrogen-bond donors (Lipinski definition) is 3. The van der Waals surface area contributed by atoms with Gasteiger partial charge >= 0.3 is 11.9 Å². The normalized spacial score (nSPS) is 32.2. The molecule has 1 fully saturated rings. The molecule has 9 nitrogen and oxygen atoms in total. The average molecular weight is 473 g/mol. The summed E-state index contributed by atoms with van der Waals surface area (Å²) in [6.07, 6.45) is 2.06. The Labute approximate surface area is 198 Å². The molecule has 1 saturated heterocycles. The van der Waals surface area contributed by atoms with Crippen LogP contribution in [0.1, 0.15) is 51.2 Å². The minimum Gasteiger partial charge on any atom is -0.504 e. The van der Waals surface area contributed by atoms with Gasteiger partial charge in [0.05, 0.1) is 17.4 Å². The Hall–Kier alpha value is -2.62. The number of rotatable bonds is 4. The molecule has 4 N–H and O–H groups in total. The van der Waals surface area contributed by atoms with Crippen molar-refractivity contribution in [3.63, 3.8) is 0 Å². The van der Waals surface area contributed by atoms with Crippen molar-refractivity contribution >= 4 is 11.9 Å². The highest BCUT2D eigenvalue weighted by Crippen LogP contribution is 2.65. The van der Waals surface area contributed by atoms with Gasteiger partial charge in [-0.05, 0) is 64.9 Å². The lowest BCUT2D eigenvalue weighted by atomic mass is 9.50. The smallest absolute Gasteiger partial charge is 0.324 e. The molecular weight excluding hydrogens is 440 g/mol. The second kappa shape index (κ2) is 7.44. The fraction of sp³-hybridized carbons (Fsp3) is 0.600. The van der Waals surface area contributed by atoms with E-state index in [1.54, 1.807) is 32.9 Å². The summed E-state index contributed by atoms with van der Waals surface area (Å²) < 4.78 is 17.2. The minimum atomic E-state index is -1.16. The SMILES string of the molecule is CN1CC[C@]23c4c5ccc(O)c4O[C@H]2C(OC(=O)C[C@H](N)C(=O)OC(C)(C)C)=CC[C@@]3(O)[C@@H]1C5. The van der Waals surface area contributed by atoms with E-state index in [2.05, 4.69) is 4.90 Å². The second-order valence-corrected chi connectivity index (χ2v) is 10.9. The first kappa shape index (κ1) is 23.1. The van der Waals surface area contributed by atoms with Gasteiger partial charge in [-0.15, -0.1) is 0 Å². The number of ether oxygens (including phenoxy) is 3. The highest BCUT2D eigenvalue weighted by Gasteiger charge is 2.72. The van der Waals surface area contributed by atoms with Crippen LogP contribution in [0.5, 0.6) is 11.5 Å². The zero-order valence-corrected chi connectivity index (χ0v) is 20.0. The van der Waals surface area contributed by atoms with Crippen LogP contribution in [-0.4, -0.2) is 70.0 Å². The van der Waals surface area contributed by atoms with Crippen molar-refractivity contribution in [1.29, 1.82) is 0 Å². The Morgan fingerprint density at radius 3 is 2.79 bits per heavy atom. The number of piperidine rings is 1. The lowest BCUT2D eigenvalue weighted by molar-refractivity contribution is -0.170. The first-order chi connectivity index (χ1) is 15.9. The molecule has 0 unspecified atom stereocenters. The van der Waals surface area contributed by atoms with E-state index in [4.69, 9.17) is 19.9 Å². The third-order valence-corrected chi connectivity index (χ3v) is 7.68. The molecule has 5 atom stereocenters. The molecule has 184 valence electrons. The van der Waals surface area contributed by atoms with E-state index in [1.807, 2.05) is 13.1 Å². The molecule has 0 saturated carbocycles. The maximum atomic E-state index is 12.8. The Kier molecular flexibility index (Phi) is 5.06. The molecule has 0 aromatic heterocycles. The Balaban J connectivity index is 1.45. The molecule has 9 heteroatoms. The summed E-state index contributed by atoms with van der Waals surface area (Å²) in [6, 6.07) is 2.20. The van der Waals surface area contributed by atoms with Gasteiger partial charge in [-0.25, -0.2) is 0 Å². The Bertz CT molecular complexity index is 1090. The number of phenolic OH excluding ortho intramolecular Hbond substituents is 1. The number of likely N-dealkylation sites (tertiary alicyclic amines) is 1. The van der Waals surface area contributed by atoms with Gasteiger partial charge in [0.25, 0.3) is 0 Å². The molecule has 0 radical (unpaired) electrons. The highest BCUT2D eigenvalue weighted by atomic mass is 16.6. The van der Waals surface area contributed by atoms with E-state index in [-0.39, 0.29) is 30.4 Å². The largest absolute Gasteiger partial charge is 0.504 e. The molecule has 1 aromatic carbocycles. The molecule has 0 amide bonds. The second-order valence-electron chi connectivity index (χ2n) is 10.9. The van der Waals surface area contributed by atoms with E-state index < -0.39 is 40.7 Å². The van der Waals surface area contributed by atoms with Gasteiger partial charge in [0, 0.05) is 18.0 Å². The monoisotopic (exact) mass is 472 g/mol. The molecule has 2 bridgehead atoms. The summed E-state index contributed by atoms with van der Waals surface area (Å²) in [5.41, 5.74) is 5.03. The molecular formula is C25H32N2O7. The highest BCUT2D eigenvalue weighted by molar-refractivity contribution is 5.83. The number of benzene rings is 1. The quantitative estimate of drug-likeness (QED) is 0.554. The standard InChI is InChI=1S/C25H32N2O7/c1-23(2,3)34-22(30)14(26)12-18(29)32-16-7-8-25(31)17-11-13-5-6-15(28)20-19(13)24(25,21(16)33-20)9-10-27(17)4/h5-7,14,17,21,28,31H,8-12,26H2,1-4H3/t14-,17-,21-,24-,25+/m0/s1. The third-order valence-electron chi connectivity index (χ3n) is 7.68. The van der Waals surface area contributed by atoms with Gasteiger partial charge in [-0.2, -0.15) is 0 Å². The van der Waals surface area contributed by atoms with Crippen molar-refractivity contribution in [2.45, 2.75) is 81.3 Å². The maximum Gasteiger partial charge on any atom is 0.324 e. The number of esters is 2. The number of likely N-dealkylation sites (N-methyl/N-ethyl adjacent to an activating group) is 1. The van der Waals surface area contributed by atoms with Crippen molar-refractivity contribution in [2.24, 2.45) is 5.73 Å². The van der Waals surface area contributed by atoms with E-state index in [0.717, 1.165) is 17.7 Å². The van der Waals surface area contributed by atoms with Crippen molar-refractivity contribution in [3.8, 4) is 11.5 Å². The van der Waals surface area contributed by atoms with E-state index in [0.29, 0.717) is 18.6 Å². The van der Waals surface area contributed by atoms with Gasteiger partial charge in [-0.3, -0.25) is 9.59 Å². The summed E-state index contributed by atoms with van der Waals surface area (Å²) in [6.45, 7) is 5.90. The number of phenols is 1. The van der Waals surface area contributed by atoms with E-state index in [1.165, 1.54) is 0 Å². The lowest BCUT2D eigenvalue weighted by Crippen LogP contribution is -2.74. The van der Waals surface area contributed by atoms with Crippen LogP contribution in [-0.2, 0) is 30.9 Å². The molecule has 1 spiro atoms. The zero-order chi connectivity index (χ0) is 24.6. The first-order valence-corrected chi connectivity index (χ1v) is 11.7. The third kappa shape index (κ3) is 3.17.